The third-order valence-corrected chi connectivity index (χ3v) is 7.63. The minimum atomic E-state index is -4.34. The van der Waals surface area contributed by atoms with Gasteiger partial charge in [0.2, 0.25) is 0 Å². The van der Waals surface area contributed by atoms with Crippen molar-refractivity contribution >= 4 is 39.4 Å². The highest BCUT2D eigenvalue weighted by Gasteiger charge is 2.39. The molecule has 0 aliphatic carbocycles. The smallest absolute Gasteiger partial charge is 0.325 e. The molecule has 4 N–H and O–H groups in total. The van der Waals surface area contributed by atoms with Crippen LogP contribution in [0.5, 0.6) is 0 Å². The molecule has 13 heteroatoms. The van der Waals surface area contributed by atoms with Crippen LogP contribution in [0.3, 0.4) is 0 Å². The van der Waals surface area contributed by atoms with E-state index < -0.39 is 34.9 Å². The Hall–Kier alpha value is -3.09. The van der Waals surface area contributed by atoms with Gasteiger partial charge in [-0.3, -0.25) is 0 Å². The molecule has 9 nitrogen and oxygen atoms in total. The van der Waals surface area contributed by atoms with Gasteiger partial charge in [-0.1, -0.05) is 54.1 Å². The molecule has 0 radical (unpaired) electrons. The summed E-state index contributed by atoms with van der Waals surface area (Å²) in [6.07, 6.45) is -0.609. The highest BCUT2D eigenvalue weighted by atomic mass is 35.5. The Balaban J connectivity index is 1.73. The van der Waals surface area contributed by atoms with Crippen molar-refractivity contribution in [2.45, 2.75) is 31.1 Å². The number of hydrogen-bond acceptors (Lipinski definition) is 3. The van der Waals surface area contributed by atoms with Crippen LogP contribution in [0.25, 0.3) is 0 Å². The standard InChI is InChI=1S/C23H26ClF2N7O2S/c24-18-8-6-17(7-9-18)20-19(16-4-2-1-3-5-16)10-13-33(30-20)22(29-21(27)28)31-36(34,35)32-14-11-23(25,26)12-15-32/h1-9,19H,10-15H2,(H4,27,28,29,31). The van der Waals surface area contributed by atoms with E-state index in [1.807, 2.05) is 42.5 Å². The second-order valence-electron chi connectivity index (χ2n) is 8.53. The predicted octanol–water partition coefficient (Wildman–Crippen LogP) is 3.14. The van der Waals surface area contributed by atoms with Crippen LogP contribution < -0.4 is 11.5 Å². The molecule has 0 spiro atoms. The van der Waals surface area contributed by atoms with Crippen molar-refractivity contribution in [2.24, 2.45) is 26.0 Å². The molecule has 2 aliphatic heterocycles. The van der Waals surface area contributed by atoms with Gasteiger partial charge in [0.15, 0.2) is 5.96 Å². The molecule has 2 aliphatic rings. The lowest BCUT2D eigenvalue weighted by Crippen LogP contribution is -2.43. The molecule has 192 valence electrons. The van der Waals surface area contributed by atoms with Crippen molar-refractivity contribution in [3.63, 3.8) is 0 Å². The number of benzene rings is 2. The molecule has 2 heterocycles. The largest absolute Gasteiger partial charge is 0.370 e. The summed E-state index contributed by atoms with van der Waals surface area (Å²) in [5, 5.41) is 6.58. The maximum Gasteiger partial charge on any atom is 0.325 e. The topological polar surface area (TPSA) is 130 Å². The molecule has 1 atom stereocenters. The number of rotatable bonds is 4. The number of alkyl halides is 2. The Morgan fingerprint density at radius 3 is 2.28 bits per heavy atom. The second-order valence-corrected chi connectivity index (χ2v) is 10.6. The maximum atomic E-state index is 13.6. The lowest BCUT2D eigenvalue weighted by Gasteiger charge is -2.32. The van der Waals surface area contributed by atoms with E-state index in [9.17, 15) is 17.2 Å². The number of piperidine rings is 1. The van der Waals surface area contributed by atoms with E-state index >= 15 is 0 Å². The first kappa shape index (κ1) is 26.0. The van der Waals surface area contributed by atoms with E-state index in [2.05, 4.69) is 9.39 Å². The van der Waals surface area contributed by atoms with Gasteiger partial charge in [-0.15, -0.1) is 4.40 Å². The predicted molar refractivity (Wildman–Crippen MR) is 136 cm³/mol. The molecule has 2 aromatic carbocycles. The zero-order valence-corrected chi connectivity index (χ0v) is 20.8. The highest BCUT2D eigenvalue weighted by molar-refractivity contribution is 7.87. The molecular weight excluding hydrogens is 512 g/mol. The average molecular weight is 538 g/mol. The number of nitrogens with zero attached hydrogens (tertiary/aromatic N) is 5. The van der Waals surface area contributed by atoms with Gasteiger partial charge < -0.3 is 11.5 Å². The Labute approximate surface area is 213 Å². The van der Waals surface area contributed by atoms with Crippen LogP contribution in [0.15, 0.2) is 69.1 Å². The lowest BCUT2D eigenvalue weighted by molar-refractivity contribution is -0.0411. The van der Waals surface area contributed by atoms with E-state index in [4.69, 9.17) is 28.2 Å². The SMILES string of the molecule is NC(N)=N/C(=N\S(=O)(=O)N1CCC(F)(F)CC1)N1CCC(c2ccccc2)C(c2ccc(Cl)cc2)=N1. The number of guanidine groups is 2. The minimum Gasteiger partial charge on any atom is -0.370 e. The zero-order chi connectivity index (χ0) is 25.9. The lowest BCUT2D eigenvalue weighted by atomic mass is 9.86. The van der Waals surface area contributed by atoms with E-state index in [-0.39, 0.29) is 31.5 Å². The Morgan fingerprint density at radius 1 is 1.03 bits per heavy atom. The van der Waals surface area contributed by atoms with E-state index in [0.717, 1.165) is 15.4 Å². The van der Waals surface area contributed by atoms with Gasteiger partial charge in [0.1, 0.15) is 0 Å². The van der Waals surface area contributed by atoms with Crippen molar-refractivity contribution < 1.29 is 17.2 Å². The molecule has 0 amide bonds. The molecule has 1 unspecified atom stereocenters. The van der Waals surface area contributed by atoms with Crippen LogP contribution in [0.4, 0.5) is 8.78 Å². The van der Waals surface area contributed by atoms with Gasteiger partial charge in [-0.2, -0.15) is 22.8 Å². The molecular formula is C23H26ClF2N7O2S. The third-order valence-electron chi connectivity index (χ3n) is 5.97. The van der Waals surface area contributed by atoms with Crippen LogP contribution >= 0.6 is 11.6 Å². The summed E-state index contributed by atoms with van der Waals surface area (Å²) >= 11 is 6.07. The zero-order valence-electron chi connectivity index (χ0n) is 19.3. The molecule has 1 fully saturated rings. The first-order valence-electron chi connectivity index (χ1n) is 11.3. The van der Waals surface area contributed by atoms with Crippen LogP contribution in [0, 0.1) is 0 Å². The summed E-state index contributed by atoms with van der Waals surface area (Å²) in [6.45, 7) is -0.452. The summed E-state index contributed by atoms with van der Waals surface area (Å²) in [5.74, 6) is -3.76. The summed E-state index contributed by atoms with van der Waals surface area (Å²) in [6, 6.07) is 16.9. The minimum absolute atomic E-state index is 0.0926. The second kappa shape index (κ2) is 10.5. The van der Waals surface area contributed by atoms with Crippen molar-refractivity contribution in [1.82, 2.24) is 9.31 Å². The van der Waals surface area contributed by atoms with E-state index in [1.54, 1.807) is 12.1 Å². The molecule has 0 aromatic heterocycles. The van der Waals surface area contributed by atoms with Crippen molar-refractivity contribution in [3.8, 4) is 0 Å². The van der Waals surface area contributed by atoms with Gasteiger partial charge in [0.05, 0.1) is 5.71 Å². The summed E-state index contributed by atoms with van der Waals surface area (Å²) < 4.78 is 57.7. The molecule has 0 saturated carbocycles. The van der Waals surface area contributed by atoms with Crippen molar-refractivity contribution in [3.05, 3.63) is 70.7 Å². The first-order valence-corrected chi connectivity index (χ1v) is 13.1. The monoisotopic (exact) mass is 537 g/mol. The van der Waals surface area contributed by atoms with Crippen molar-refractivity contribution in [1.29, 1.82) is 0 Å². The third kappa shape index (κ3) is 6.18. The molecule has 0 bridgehead atoms. The molecule has 2 aromatic rings. The van der Waals surface area contributed by atoms with E-state index in [1.165, 1.54) is 5.01 Å². The van der Waals surface area contributed by atoms with Crippen LogP contribution in [0.1, 0.15) is 36.3 Å². The number of halogens is 3. The first-order chi connectivity index (χ1) is 17.0. The van der Waals surface area contributed by atoms with Crippen LogP contribution in [0.2, 0.25) is 5.02 Å². The average Bonchev–Trinajstić information content (AvgIpc) is 2.83. The number of hydrazone groups is 1. The fourth-order valence-electron chi connectivity index (χ4n) is 4.12. The quantitative estimate of drug-likeness (QED) is 0.457. The fraction of sp³-hybridized carbons (Fsp3) is 0.348. The molecule has 4 rings (SSSR count). The van der Waals surface area contributed by atoms with Gasteiger partial charge >= 0.3 is 10.2 Å². The van der Waals surface area contributed by atoms with Gasteiger partial charge in [0, 0.05) is 43.4 Å². The Bertz CT molecular complexity index is 1270. The Morgan fingerprint density at radius 2 is 1.67 bits per heavy atom. The van der Waals surface area contributed by atoms with Gasteiger partial charge in [-0.25, -0.2) is 13.8 Å². The number of hydrogen-bond donors (Lipinski definition) is 2. The van der Waals surface area contributed by atoms with E-state index in [0.29, 0.717) is 17.2 Å². The maximum absolute atomic E-state index is 13.6. The van der Waals surface area contributed by atoms with Crippen LogP contribution in [-0.2, 0) is 10.2 Å². The van der Waals surface area contributed by atoms with Gasteiger partial charge in [0.25, 0.3) is 11.9 Å². The fourth-order valence-corrected chi connectivity index (χ4v) is 5.34. The summed E-state index contributed by atoms with van der Waals surface area (Å²) in [4.78, 5) is 3.92. The van der Waals surface area contributed by atoms with Gasteiger partial charge in [-0.05, 0) is 29.7 Å². The Kier molecular flexibility index (Phi) is 7.57. The molecule has 36 heavy (non-hydrogen) atoms. The highest BCUT2D eigenvalue weighted by Crippen LogP contribution is 2.31. The van der Waals surface area contributed by atoms with Crippen molar-refractivity contribution in [2.75, 3.05) is 19.6 Å². The number of aliphatic imine (C=N–C) groups is 1. The molecule has 1 saturated heterocycles. The van der Waals surface area contributed by atoms with Crippen LogP contribution in [-0.4, -0.2) is 60.9 Å². The number of nitrogens with two attached hydrogens (primary N) is 2. The summed E-state index contributed by atoms with van der Waals surface area (Å²) in [7, 11) is -4.34. The summed E-state index contributed by atoms with van der Waals surface area (Å²) in [5.41, 5.74) is 13.6. The normalized spacial score (nSPS) is 21.1.